The number of nitrogens with zero attached hydrogens (tertiary/aromatic N) is 3. The highest BCUT2D eigenvalue weighted by Gasteiger charge is 2.43. The first-order chi connectivity index (χ1) is 15.2. The van der Waals surface area contributed by atoms with Crippen molar-refractivity contribution < 1.29 is 0 Å². The summed E-state index contributed by atoms with van der Waals surface area (Å²) in [5.41, 5.74) is 8.55. The lowest BCUT2D eigenvalue weighted by molar-refractivity contribution is 0.599. The molecule has 0 aliphatic carbocycles. The van der Waals surface area contributed by atoms with Gasteiger partial charge in [0.25, 0.3) is 0 Å². The Balaban J connectivity index is 1.61. The molecule has 6 rings (SSSR count). The highest BCUT2D eigenvalue weighted by Crippen LogP contribution is 2.50. The number of rotatable bonds is 2. The zero-order valence-electron chi connectivity index (χ0n) is 17.3. The number of halogens is 1. The summed E-state index contributed by atoms with van der Waals surface area (Å²) in [6.07, 6.45) is 4.18. The van der Waals surface area contributed by atoms with Gasteiger partial charge in [-0.1, -0.05) is 66.2 Å². The van der Waals surface area contributed by atoms with Crippen molar-refractivity contribution in [2.24, 2.45) is 0 Å². The van der Waals surface area contributed by atoms with Crippen molar-refractivity contribution >= 4 is 43.9 Å². The Morgan fingerprint density at radius 3 is 2.48 bits per heavy atom. The minimum Gasteiger partial charge on any atom is -0.317 e. The molecule has 3 nitrogen and oxygen atoms in total. The van der Waals surface area contributed by atoms with Crippen LogP contribution in [-0.2, 0) is 6.42 Å². The highest BCUT2D eigenvalue weighted by atomic mass is 79.9. The Bertz CT molecular complexity index is 1310. The monoisotopic (exact) mass is 467 g/mol. The molecule has 1 atom stereocenters. The van der Waals surface area contributed by atoms with E-state index in [1.165, 1.54) is 39.1 Å². The molecule has 0 saturated heterocycles. The van der Waals surface area contributed by atoms with Gasteiger partial charge in [0.1, 0.15) is 10.8 Å². The maximum Gasteiger partial charge on any atom is 0.112 e. The smallest absolute Gasteiger partial charge is 0.112 e. The van der Waals surface area contributed by atoms with E-state index in [0.717, 1.165) is 23.0 Å². The standard InChI is InChI=1S/C27H22BrN3/c1-18-9-14-22(15-10-18)30-23-16-13-21-12-11-19-8-5-17-29-24(19)25(21)31(23)27(28)26(30)20-6-3-2-4-7-20/h2-12,14-15,17,23H,13,16H2,1H3. The van der Waals surface area contributed by atoms with Gasteiger partial charge in [-0.05, 0) is 59.5 Å². The molecule has 1 aromatic heterocycles. The topological polar surface area (TPSA) is 19.4 Å². The normalized spacial score (nSPS) is 17.8. The maximum atomic E-state index is 4.79. The summed E-state index contributed by atoms with van der Waals surface area (Å²) in [6.45, 7) is 2.14. The van der Waals surface area contributed by atoms with E-state index >= 15 is 0 Å². The van der Waals surface area contributed by atoms with Crippen LogP contribution in [-0.4, -0.2) is 11.1 Å². The Hall–Kier alpha value is -3.11. The number of aryl methyl sites for hydroxylation is 2. The zero-order chi connectivity index (χ0) is 20.9. The second kappa shape index (κ2) is 7.24. The van der Waals surface area contributed by atoms with Gasteiger partial charge in [0.05, 0.1) is 16.9 Å². The first-order valence-corrected chi connectivity index (χ1v) is 11.5. The van der Waals surface area contributed by atoms with Crippen molar-refractivity contribution in [2.75, 3.05) is 9.80 Å². The number of benzene rings is 3. The second-order valence-corrected chi connectivity index (χ2v) is 9.00. The molecule has 2 aliphatic rings. The maximum absolute atomic E-state index is 4.79. The molecular formula is C27H22BrN3. The largest absolute Gasteiger partial charge is 0.317 e. The van der Waals surface area contributed by atoms with Gasteiger partial charge in [0.2, 0.25) is 0 Å². The van der Waals surface area contributed by atoms with Crippen molar-refractivity contribution in [1.82, 2.24) is 4.98 Å². The van der Waals surface area contributed by atoms with Crippen LogP contribution in [0, 0.1) is 6.92 Å². The molecule has 0 radical (unpaired) electrons. The Morgan fingerprint density at radius 2 is 1.68 bits per heavy atom. The van der Waals surface area contributed by atoms with Gasteiger partial charge in [-0.25, -0.2) is 0 Å². The van der Waals surface area contributed by atoms with Crippen LogP contribution in [0.2, 0.25) is 0 Å². The summed E-state index contributed by atoms with van der Waals surface area (Å²) in [5, 5.41) is 1.18. The molecule has 2 aliphatic heterocycles. The fourth-order valence-corrected chi connectivity index (χ4v) is 5.74. The number of pyridine rings is 1. The predicted molar refractivity (Wildman–Crippen MR) is 132 cm³/mol. The minimum atomic E-state index is 0.201. The van der Waals surface area contributed by atoms with E-state index in [-0.39, 0.29) is 6.17 Å². The van der Waals surface area contributed by atoms with Gasteiger partial charge in [-0.3, -0.25) is 4.98 Å². The summed E-state index contributed by atoms with van der Waals surface area (Å²) in [6, 6.07) is 28.2. The van der Waals surface area contributed by atoms with Crippen LogP contribution in [0.5, 0.6) is 0 Å². The lowest BCUT2D eigenvalue weighted by Crippen LogP contribution is -2.43. The molecular weight excluding hydrogens is 446 g/mol. The average molecular weight is 468 g/mol. The third-order valence-corrected chi connectivity index (χ3v) is 7.11. The lowest BCUT2D eigenvalue weighted by atomic mass is 9.97. The van der Waals surface area contributed by atoms with Crippen molar-refractivity contribution in [3.63, 3.8) is 0 Å². The second-order valence-electron chi connectivity index (χ2n) is 8.25. The Kier molecular flexibility index (Phi) is 4.35. The van der Waals surface area contributed by atoms with E-state index in [4.69, 9.17) is 4.98 Å². The van der Waals surface area contributed by atoms with Crippen LogP contribution in [0.15, 0.2) is 89.7 Å². The van der Waals surface area contributed by atoms with Crippen molar-refractivity contribution in [2.45, 2.75) is 25.9 Å². The summed E-state index contributed by atoms with van der Waals surface area (Å²) < 4.78 is 1.10. The van der Waals surface area contributed by atoms with Crippen LogP contribution < -0.4 is 9.80 Å². The molecule has 0 saturated carbocycles. The summed E-state index contributed by atoms with van der Waals surface area (Å²) in [4.78, 5) is 9.74. The Labute approximate surface area is 190 Å². The number of aromatic nitrogens is 1. The molecule has 0 N–H and O–H groups in total. The van der Waals surface area contributed by atoms with Crippen LogP contribution in [0.4, 0.5) is 11.4 Å². The molecule has 1 unspecified atom stereocenters. The Morgan fingerprint density at radius 1 is 0.871 bits per heavy atom. The van der Waals surface area contributed by atoms with Crippen LogP contribution in [0.3, 0.4) is 0 Å². The number of fused-ring (bicyclic) bond motifs is 5. The number of hydrogen-bond acceptors (Lipinski definition) is 3. The van der Waals surface area contributed by atoms with Gasteiger partial charge in [0.15, 0.2) is 0 Å². The molecule has 152 valence electrons. The molecule has 0 amide bonds. The molecule has 4 heteroatoms. The van der Waals surface area contributed by atoms with Crippen LogP contribution in [0.25, 0.3) is 16.6 Å². The van der Waals surface area contributed by atoms with Crippen molar-refractivity contribution in [1.29, 1.82) is 0 Å². The van der Waals surface area contributed by atoms with E-state index in [1.807, 2.05) is 12.3 Å². The van der Waals surface area contributed by atoms with Crippen molar-refractivity contribution in [3.05, 3.63) is 106 Å². The third-order valence-electron chi connectivity index (χ3n) is 6.35. The van der Waals surface area contributed by atoms with Gasteiger partial charge in [-0.2, -0.15) is 0 Å². The van der Waals surface area contributed by atoms with E-state index in [9.17, 15) is 0 Å². The van der Waals surface area contributed by atoms with E-state index in [1.54, 1.807) is 0 Å². The summed E-state index contributed by atoms with van der Waals surface area (Å²) in [7, 11) is 0. The lowest BCUT2D eigenvalue weighted by Gasteiger charge is -2.39. The molecule has 0 bridgehead atoms. The number of anilines is 2. The third kappa shape index (κ3) is 2.89. The first-order valence-electron chi connectivity index (χ1n) is 10.7. The fourth-order valence-electron chi connectivity index (χ4n) is 4.90. The van der Waals surface area contributed by atoms with Gasteiger partial charge in [0, 0.05) is 22.8 Å². The SMILES string of the molecule is Cc1ccc(N2C(c3ccccc3)=C(Br)N3c4c(ccc5cccnc45)CCC23)cc1. The van der Waals surface area contributed by atoms with Gasteiger partial charge >= 0.3 is 0 Å². The fraction of sp³-hybridized carbons (Fsp3) is 0.148. The van der Waals surface area contributed by atoms with Crippen molar-refractivity contribution in [3.8, 4) is 0 Å². The minimum absolute atomic E-state index is 0.201. The van der Waals surface area contributed by atoms with Crippen LogP contribution in [0.1, 0.15) is 23.1 Å². The average Bonchev–Trinajstić information content (AvgIpc) is 3.12. The molecule has 3 heterocycles. The molecule has 4 aromatic rings. The number of hydrogen-bond donors (Lipinski definition) is 0. The summed E-state index contributed by atoms with van der Waals surface area (Å²) in [5.74, 6) is 0. The highest BCUT2D eigenvalue weighted by molar-refractivity contribution is 9.12. The predicted octanol–water partition coefficient (Wildman–Crippen LogP) is 6.86. The van der Waals surface area contributed by atoms with E-state index in [0.29, 0.717) is 0 Å². The van der Waals surface area contributed by atoms with Gasteiger partial charge < -0.3 is 9.80 Å². The van der Waals surface area contributed by atoms with Gasteiger partial charge in [-0.15, -0.1) is 0 Å². The molecule has 0 fully saturated rings. The van der Waals surface area contributed by atoms with Crippen LogP contribution >= 0.6 is 15.9 Å². The van der Waals surface area contributed by atoms with E-state index < -0.39 is 0 Å². The molecule has 3 aromatic carbocycles. The molecule has 31 heavy (non-hydrogen) atoms. The van der Waals surface area contributed by atoms with E-state index in [2.05, 4.69) is 105 Å². The zero-order valence-corrected chi connectivity index (χ0v) is 18.9. The molecule has 0 spiro atoms. The quantitative estimate of drug-likeness (QED) is 0.300. The first kappa shape index (κ1) is 18.6. The summed E-state index contributed by atoms with van der Waals surface area (Å²) >= 11 is 4.03.